The summed E-state index contributed by atoms with van der Waals surface area (Å²) in [4.78, 5) is 25.7. The Kier molecular flexibility index (Phi) is 6.49. The van der Waals surface area contributed by atoms with Gasteiger partial charge in [0.2, 0.25) is 5.91 Å². The van der Waals surface area contributed by atoms with Crippen molar-refractivity contribution in [1.82, 2.24) is 10.2 Å². The van der Waals surface area contributed by atoms with E-state index in [1.54, 1.807) is 20.8 Å². The number of rotatable bonds is 6. The number of carbonyl (C=O) groups is 2. The Morgan fingerprint density at radius 3 is 2.48 bits per heavy atom. The second-order valence-electron chi connectivity index (χ2n) is 8.17. The highest BCUT2D eigenvalue weighted by molar-refractivity contribution is 5.82. The quantitative estimate of drug-likeness (QED) is 0.795. The molecule has 2 amide bonds. The molecule has 1 unspecified atom stereocenters. The largest absolute Gasteiger partial charge is 0.465 e. The van der Waals surface area contributed by atoms with Crippen molar-refractivity contribution in [3.05, 3.63) is 35.9 Å². The van der Waals surface area contributed by atoms with E-state index in [1.807, 2.05) is 44.2 Å². The molecule has 0 saturated carbocycles. The Morgan fingerprint density at radius 1 is 1.26 bits per heavy atom. The van der Waals surface area contributed by atoms with Crippen LogP contribution in [-0.2, 0) is 20.8 Å². The molecule has 0 spiro atoms. The predicted molar refractivity (Wildman–Crippen MR) is 101 cm³/mol. The van der Waals surface area contributed by atoms with Crippen LogP contribution >= 0.6 is 0 Å². The van der Waals surface area contributed by atoms with Gasteiger partial charge in [0.05, 0.1) is 6.61 Å². The maximum atomic E-state index is 12.7. The van der Waals surface area contributed by atoms with Crippen molar-refractivity contribution in [3.63, 3.8) is 0 Å². The summed E-state index contributed by atoms with van der Waals surface area (Å²) < 4.78 is 11.5. The minimum atomic E-state index is -1.02. The highest BCUT2D eigenvalue weighted by Gasteiger charge is 2.45. The number of amides is 2. The number of ether oxygens (including phenoxy) is 2. The molecule has 1 heterocycles. The maximum absolute atomic E-state index is 12.7. The molecule has 150 valence electrons. The lowest BCUT2D eigenvalue weighted by atomic mass is 9.85. The van der Waals surface area contributed by atoms with E-state index in [2.05, 4.69) is 5.32 Å². The number of carboxylic acid groups (broad SMARTS) is 1. The highest BCUT2D eigenvalue weighted by Crippen LogP contribution is 2.34. The molecule has 0 radical (unpaired) electrons. The van der Waals surface area contributed by atoms with Crippen LogP contribution in [0.3, 0.4) is 0 Å². The normalized spacial score (nSPS) is 21.9. The van der Waals surface area contributed by atoms with E-state index in [9.17, 15) is 14.7 Å². The third-order valence-corrected chi connectivity index (χ3v) is 4.69. The summed E-state index contributed by atoms with van der Waals surface area (Å²) >= 11 is 0. The van der Waals surface area contributed by atoms with E-state index in [-0.39, 0.29) is 25.0 Å². The van der Waals surface area contributed by atoms with Gasteiger partial charge in [-0.1, -0.05) is 44.2 Å². The lowest BCUT2D eigenvalue weighted by Crippen LogP contribution is -2.57. The third kappa shape index (κ3) is 5.68. The predicted octanol–water partition coefficient (Wildman–Crippen LogP) is 2.85. The van der Waals surface area contributed by atoms with Gasteiger partial charge in [0.15, 0.2) is 5.79 Å². The molecule has 2 N–H and O–H groups in total. The average molecular weight is 378 g/mol. The Morgan fingerprint density at radius 2 is 1.89 bits per heavy atom. The summed E-state index contributed by atoms with van der Waals surface area (Å²) in [5.41, 5.74) is 0.424. The fourth-order valence-corrected chi connectivity index (χ4v) is 2.96. The first-order chi connectivity index (χ1) is 12.5. The van der Waals surface area contributed by atoms with Crippen LogP contribution in [0.2, 0.25) is 0 Å². The summed E-state index contributed by atoms with van der Waals surface area (Å²) in [5, 5.41) is 12.4. The highest BCUT2D eigenvalue weighted by atomic mass is 16.7. The molecular formula is C20H30N2O5. The van der Waals surface area contributed by atoms with Gasteiger partial charge in [-0.2, -0.15) is 0 Å². The molecule has 0 bridgehead atoms. The summed E-state index contributed by atoms with van der Waals surface area (Å²) in [6.45, 7) is 10.0. The van der Waals surface area contributed by atoms with Gasteiger partial charge in [-0.3, -0.25) is 9.69 Å². The van der Waals surface area contributed by atoms with Crippen molar-refractivity contribution < 1.29 is 24.2 Å². The molecule has 0 aliphatic carbocycles. The van der Waals surface area contributed by atoms with Crippen LogP contribution in [0.1, 0.15) is 40.2 Å². The van der Waals surface area contributed by atoms with E-state index in [1.165, 1.54) is 4.90 Å². The Bertz CT molecular complexity index is 660. The number of hydrogen-bond acceptors (Lipinski definition) is 4. The molecule has 0 aromatic heterocycles. The van der Waals surface area contributed by atoms with E-state index >= 15 is 0 Å². The topological polar surface area (TPSA) is 88.1 Å². The van der Waals surface area contributed by atoms with Crippen LogP contribution in [0.25, 0.3) is 0 Å². The lowest BCUT2D eigenvalue weighted by Gasteiger charge is -2.44. The number of hydrogen-bond donors (Lipinski definition) is 2. The molecule has 1 aliphatic heterocycles. The van der Waals surface area contributed by atoms with Crippen LogP contribution in [0.15, 0.2) is 30.3 Å². The Labute approximate surface area is 160 Å². The van der Waals surface area contributed by atoms with Crippen LogP contribution < -0.4 is 5.32 Å². The van der Waals surface area contributed by atoms with Gasteiger partial charge in [-0.05, 0) is 26.3 Å². The maximum Gasteiger partial charge on any atom is 0.407 e. The van der Waals surface area contributed by atoms with Crippen molar-refractivity contribution in [1.29, 1.82) is 0 Å². The summed E-state index contributed by atoms with van der Waals surface area (Å²) in [6, 6.07) is 8.99. The fourth-order valence-electron chi connectivity index (χ4n) is 2.96. The minimum absolute atomic E-state index is 0.204. The van der Waals surface area contributed by atoms with Gasteiger partial charge in [0, 0.05) is 24.5 Å². The molecule has 7 heteroatoms. The van der Waals surface area contributed by atoms with Crippen molar-refractivity contribution in [2.45, 2.75) is 59.1 Å². The third-order valence-electron chi connectivity index (χ3n) is 4.69. The summed E-state index contributed by atoms with van der Waals surface area (Å²) in [7, 11) is 0. The Hall–Kier alpha value is -2.12. The van der Waals surface area contributed by atoms with Gasteiger partial charge >= 0.3 is 6.09 Å². The van der Waals surface area contributed by atoms with E-state index in [0.29, 0.717) is 6.61 Å². The van der Waals surface area contributed by atoms with Crippen molar-refractivity contribution >= 4 is 12.0 Å². The van der Waals surface area contributed by atoms with E-state index < -0.39 is 23.4 Å². The zero-order valence-corrected chi connectivity index (χ0v) is 16.7. The molecule has 1 aliphatic rings. The second-order valence-corrected chi connectivity index (χ2v) is 8.17. The van der Waals surface area contributed by atoms with E-state index in [0.717, 1.165) is 5.56 Å². The van der Waals surface area contributed by atoms with Gasteiger partial charge in [-0.15, -0.1) is 0 Å². The first-order valence-corrected chi connectivity index (χ1v) is 9.15. The average Bonchev–Trinajstić information content (AvgIpc) is 2.60. The molecule has 2 atom stereocenters. The molecular weight excluding hydrogens is 348 g/mol. The van der Waals surface area contributed by atoms with E-state index in [4.69, 9.17) is 9.47 Å². The molecule has 1 aromatic carbocycles. The first kappa shape index (κ1) is 21.2. The summed E-state index contributed by atoms with van der Waals surface area (Å²) in [6.07, 6.45) is -1.69. The first-order valence-electron chi connectivity index (χ1n) is 9.15. The number of carbonyl (C=O) groups excluding carboxylic acids is 1. The number of benzene rings is 1. The number of nitrogens with one attached hydrogen (secondary N) is 1. The minimum Gasteiger partial charge on any atom is -0.465 e. The zero-order valence-electron chi connectivity index (χ0n) is 16.7. The zero-order chi connectivity index (χ0) is 20.2. The second kappa shape index (κ2) is 8.27. The molecule has 27 heavy (non-hydrogen) atoms. The van der Waals surface area contributed by atoms with Crippen LogP contribution in [0.5, 0.6) is 0 Å². The standard InChI is InChI=1S/C20H30N2O5/c1-14(22(18(24)25)12-15-9-7-6-8-10-15)11-21-17(23)16-19(2,3)13-26-20(4,5)27-16/h6-10,14,16H,11-13H2,1-5H3,(H,21,23)(H,24,25)/t14?,16-/m1/s1. The smallest absolute Gasteiger partial charge is 0.407 e. The van der Waals surface area contributed by atoms with Crippen LogP contribution in [0, 0.1) is 5.41 Å². The van der Waals surface area contributed by atoms with Gasteiger partial charge in [-0.25, -0.2) is 4.79 Å². The van der Waals surface area contributed by atoms with Crippen LogP contribution in [-0.4, -0.2) is 53.1 Å². The van der Waals surface area contributed by atoms with Crippen molar-refractivity contribution in [2.24, 2.45) is 5.41 Å². The van der Waals surface area contributed by atoms with Gasteiger partial charge in [0.25, 0.3) is 0 Å². The fraction of sp³-hybridized carbons (Fsp3) is 0.600. The van der Waals surface area contributed by atoms with Crippen molar-refractivity contribution in [2.75, 3.05) is 13.2 Å². The monoisotopic (exact) mass is 378 g/mol. The summed E-state index contributed by atoms with van der Waals surface area (Å²) in [5.74, 6) is -1.09. The van der Waals surface area contributed by atoms with Gasteiger partial charge in [0.1, 0.15) is 6.10 Å². The van der Waals surface area contributed by atoms with Crippen molar-refractivity contribution in [3.8, 4) is 0 Å². The molecule has 1 aromatic rings. The Balaban J connectivity index is 1.98. The molecule has 1 saturated heterocycles. The SMILES string of the molecule is CC(CNC(=O)[C@H]1OC(C)(C)OCC1(C)C)N(Cc1ccccc1)C(=O)O. The van der Waals surface area contributed by atoms with Crippen LogP contribution in [0.4, 0.5) is 4.79 Å². The lowest BCUT2D eigenvalue weighted by molar-refractivity contribution is -0.304. The molecule has 7 nitrogen and oxygen atoms in total. The molecule has 1 fully saturated rings. The van der Waals surface area contributed by atoms with Gasteiger partial charge < -0.3 is 19.9 Å². The molecule has 2 rings (SSSR count). The number of nitrogens with zero attached hydrogens (tertiary/aromatic N) is 1.